The molecule has 0 saturated heterocycles. The summed E-state index contributed by atoms with van der Waals surface area (Å²) in [6.45, 7) is 8.30. The van der Waals surface area contributed by atoms with Gasteiger partial charge in [-0.2, -0.15) is 0 Å². The molecule has 0 aromatic heterocycles. The number of hydrogen-bond acceptors (Lipinski definition) is 3. The summed E-state index contributed by atoms with van der Waals surface area (Å²) in [7, 11) is 0. The minimum absolute atomic E-state index is 0.188. The minimum atomic E-state index is -0.190. The van der Waals surface area contributed by atoms with Gasteiger partial charge in [-0.3, -0.25) is 9.59 Å². The number of hydrogen-bond donors (Lipinski definition) is 2. The minimum Gasteiger partial charge on any atom is -0.492 e. The van der Waals surface area contributed by atoms with E-state index in [0.717, 1.165) is 11.1 Å². The Morgan fingerprint density at radius 2 is 1.88 bits per heavy atom. The molecule has 5 nitrogen and oxygen atoms in total. The van der Waals surface area contributed by atoms with Gasteiger partial charge in [0.25, 0.3) is 5.91 Å². The molecule has 2 aromatic carbocycles. The van der Waals surface area contributed by atoms with E-state index >= 15 is 0 Å². The summed E-state index contributed by atoms with van der Waals surface area (Å²) in [4.78, 5) is 23.7. The second-order valence-electron chi connectivity index (χ2n) is 5.78. The van der Waals surface area contributed by atoms with Gasteiger partial charge in [-0.15, -0.1) is 0 Å². The summed E-state index contributed by atoms with van der Waals surface area (Å²) in [5.74, 6) is 0.284. The normalized spacial score (nSPS) is 10.1. The first kappa shape index (κ1) is 19.2. The van der Waals surface area contributed by atoms with E-state index in [1.54, 1.807) is 12.1 Å². The molecule has 0 radical (unpaired) electrons. The molecular formula is C21H24N2O3. The molecule has 2 rings (SSSR count). The van der Waals surface area contributed by atoms with Crippen molar-refractivity contribution in [2.45, 2.75) is 20.3 Å². The lowest BCUT2D eigenvalue weighted by molar-refractivity contribution is -0.116. The van der Waals surface area contributed by atoms with Crippen molar-refractivity contribution in [1.82, 2.24) is 5.32 Å². The maximum absolute atomic E-state index is 12.5. The highest BCUT2D eigenvalue weighted by Gasteiger charge is 2.12. The molecule has 0 bridgehead atoms. The van der Waals surface area contributed by atoms with Gasteiger partial charge >= 0.3 is 0 Å². The summed E-state index contributed by atoms with van der Waals surface area (Å²) < 4.78 is 5.59. The molecule has 2 N–H and O–H groups in total. The SMILES string of the molecule is C=CC(=O)NCCc1ccc(C(=O)Nc2c(C)cccc2OCC)cc1. The topological polar surface area (TPSA) is 67.4 Å². The molecule has 5 heteroatoms. The van der Waals surface area contributed by atoms with Crippen molar-refractivity contribution < 1.29 is 14.3 Å². The van der Waals surface area contributed by atoms with Gasteiger partial charge in [-0.1, -0.05) is 30.8 Å². The summed E-state index contributed by atoms with van der Waals surface area (Å²) in [5.41, 5.74) is 3.24. The molecule has 0 aliphatic rings. The molecule has 26 heavy (non-hydrogen) atoms. The van der Waals surface area contributed by atoms with Crippen LogP contribution in [-0.2, 0) is 11.2 Å². The Morgan fingerprint density at radius 1 is 1.15 bits per heavy atom. The maximum Gasteiger partial charge on any atom is 0.255 e. The standard InChI is InChI=1S/C21H24N2O3/c1-4-19(24)22-14-13-16-9-11-17(12-10-16)21(25)23-20-15(3)7-6-8-18(20)26-5-2/h4,6-12H,1,5,13-14H2,2-3H3,(H,22,24)(H,23,25). The van der Waals surface area contributed by atoms with Gasteiger partial charge in [0.2, 0.25) is 5.91 Å². The second kappa shape index (κ2) is 9.42. The van der Waals surface area contributed by atoms with Crippen LogP contribution in [0.15, 0.2) is 55.1 Å². The fourth-order valence-corrected chi connectivity index (χ4v) is 2.49. The van der Waals surface area contributed by atoms with Gasteiger partial charge in [0, 0.05) is 12.1 Å². The lowest BCUT2D eigenvalue weighted by atomic mass is 10.1. The number of amides is 2. The highest BCUT2D eigenvalue weighted by Crippen LogP contribution is 2.28. The number of carbonyl (C=O) groups is 2. The fraction of sp³-hybridized carbons (Fsp3) is 0.238. The zero-order valence-corrected chi connectivity index (χ0v) is 15.2. The Kier molecular flexibility index (Phi) is 6.97. The van der Waals surface area contributed by atoms with Crippen molar-refractivity contribution in [3.05, 3.63) is 71.8 Å². The van der Waals surface area contributed by atoms with E-state index in [9.17, 15) is 9.59 Å². The zero-order valence-electron chi connectivity index (χ0n) is 15.2. The third-order valence-electron chi connectivity index (χ3n) is 3.89. The third-order valence-corrected chi connectivity index (χ3v) is 3.89. The van der Waals surface area contributed by atoms with Crippen LogP contribution in [0.5, 0.6) is 5.75 Å². The molecule has 0 unspecified atom stereocenters. The van der Waals surface area contributed by atoms with Crippen LogP contribution in [0.4, 0.5) is 5.69 Å². The number of ether oxygens (including phenoxy) is 1. The predicted molar refractivity (Wildman–Crippen MR) is 104 cm³/mol. The molecule has 2 aromatic rings. The highest BCUT2D eigenvalue weighted by atomic mass is 16.5. The average Bonchev–Trinajstić information content (AvgIpc) is 2.65. The van der Waals surface area contributed by atoms with Crippen LogP contribution in [0.1, 0.15) is 28.4 Å². The molecule has 136 valence electrons. The molecule has 0 heterocycles. The largest absolute Gasteiger partial charge is 0.492 e. The van der Waals surface area contributed by atoms with Gasteiger partial charge in [0.1, 0.15) is 5.75 Å². The summed E-state index contributed by atoms with van der Waals surface area (Å²) in [6, 6.07) is 13.0. The van der Waals surface area contributed by atoms with Crippen LogP contribution < -0.4 is 15.4 Å². The van der Waals surface area contributed by atoms with Crippen LogP contribution in [0.25, 0.3) is 0 Å². The van der Waals surface area contributed by atoms with Crippen molar-refractivity contribution in [3.63, 3.8) is 0 Å². The maximum atomic E-state index is 12.5. The van der Waals surface area contributed by atoms with Crippen LogP contribution in [0, 0.1) is 6.92 Å². The zero-order chi connectivity index (χ0) is 18.9. The van der Waals surface area contributed by atoms with E-state index < -0.39 is 0 Å². The van der Waals surface area contributed by atoms with Crippen molar-refractivity contribution in [3.8, 4) is 5.75 Å². The lowest BCUT2D eigenvalue weighted by Gasteiger charge is -2.14. The first-order valence-corrected chi connectivity index (χ1v) is 8.58. The fourth-order valence-electron chi connectivity index (χ4n) is 2.49. The van der Waals surface area contributed by atoms with Crippen molar-refractivity contribution in [2.75, 3.05) is 18.5 Å². The molecule has 0 fully saturated rings. The van der Waals surface area contributed by atoms with E-state index in [1.165, 1.54) is 6.08 Å². The summed E-state index contributed by atoms with van der Waals surface area (Å²) in [6.07, 6.45) is 1.93. The summed E-state index contributed by atoms with van der Waals surface area (Å²) >= 11 is 0. The first-order valence-electron chi connectivity index (χ1n) is 8.58. The average molecular weight is 352 g/mol. The van der Waals surface area contributed by atoms with Crippen molar-refractivity contribution >= 4 is 17.5 Å². The van der Waals surface area contributed by atoms with Gasteiger partial charge in [0.05, 0.1) is 12.3 Å². The second-order valence-corrected chi connectivity index (χ2v) is 5.78. The third kappa shape index (κ3) is 5.21. The van der Waals surface area contributed by atoms with Crippen LogP contribution in [0.3, 0.4) is 0 Å². The number of anilines is 1. The van der Waals surface area contributed by atoms with E-state index in [0.29, 0.717) is 36.6 Å². The number of nitrogens with one attached hydrogen (secondary N) is 2. The first-order chi connectivity index (χ1) is 12.5. The Labute approximate surface area is 154 Å². The molecular weight excluding hydrogens is 328 g/mol. The van der Waals surface area contributed by atoms with Gasteiger partial charge in [-0.05, 0) is 55.7 Å². The van der Waals surface area contributed by atoms with Crippen LogP contribution >= 0.6 is 0 Å². The molecule has 0 aliphatic carbocycles. The molecule has 0 spiro atoms. The quantitative estimate of drug-likeness (QED) is 0.715. The summed E-state index contributed by atoms with van der Waals surface area (Å²) in [5, 5.41) is 5.66. The number of rotatable bonds is 8. The predicted octanol–water partition coefficient (Wildman–Crippen LogP) is 3.49. The van der Waals surface area contributed by atoms with Crippen LogP contribution in [0.2, 0.25) is 0 Å². The molecule has 0 atom stereocenters. The number of para-hydroxylation sites is 1. The van der Waals surface area contributed by atoms with E-state index in [1.807, 2.05) is 44.2 Å². The monoisotopic (exact) mass is 352 g/mol. The Bertz CT molecular complexity index is 782. The number of carbonyl (C=O) groups excluding carboxylic acids is 2. The molecule has 0 saturated carbocycles. The van der Waals surface area contributed by atoms with Gasteiger partial charge in [-0.25, -0.2) is 0 Å². The Hall–Kier alpha value is -3.08. The Balaban J connectivity index is 2.02. The molecule has 0 aliphatic heterocycles. The van der Waals surface area contributed by atoms with Gasteiger partial charge in [0.15, 0.2) is 0 Å². The van der Waals surface area contributed by atoms with E-state index in [2.05, 4.69) is 17.2 Å². The lowest BCUT2D eigenvalue weighted by Crippen LogP contribution is -2.23. The van der Waals surface area contributed by atoms with Crippen molar-refractivity contribution in [1.29, 1.82) is 0 Å². The van der Waals surface area contributed by atoms with E-state index in [4.69, 9.17) is 4.74 Å². The highest BCUT2D eigenvalue weighted by molar-refractivity contribution is 6.05. The number of aryl methyl sites for hydroxylation is 1. The van der Waals surface area contributed by atoms with Crippen molar-refractivity contribution in [2.24, 2.45) is 0 Å². The number of benzene rings is 2. The Morgan fingerprint density at radius 3 is 2.54 bits per heavy atom. The van der Waals surface area contributed by atoms with E-state index in [-0.39, 0.29) is 11.8 Å². The molecule has 2 amide bonds. The van der Waals surface area contributed by atoms with Crippen LogP contribution in [-0.4, -0.2) is 25.0 Å². The smallest absolute Gasteiger partial charge is 0.255 e. The van der Waals surface area contributed by atoms with Gasteiger partial charge < -0.3 is 15.4 Å².